The van der Waals surface area contributed by atoms with Gasteiger partial charge in [0.15, 0.2) is 4.80 Å². The van der Waals surface area contributed by atoms with Crippen LogP contribution in [0.1, 0.15) is 40.0 Å². The van der Waals surface area contributed by atoms with E-state index < -0.39 is 23.5 Å². The second-order valence-corrected chi connectivity index (χ2v) is 10.9. The number of methoxy groups -OCH3 is 1. The molecule has 1 amide bonds. The zero-order chi connectivity index (χ0) is 31.0. The topological polar surface area (TPSA) is 107 Å². The molecular formula is C34H27N3O6S. The largest absolute Gasteiger partial charge is 0.465 e. The summed E-state index contributed by atoms with van der Waals surface area (Å²) in [4.78, 5) is 60.9. The average Bonchev–Trinajstić information content (AvgIpc) is 3.52. The van der Waals surface area contributed by atoms with E-state index in [1.165, 1.54) is 11.7 Å². The second-order valence-electron chi connectivity index (χ2n) is 9.96. The number of rotatable bonds is 7. The van der Waals surface area contributed by atoms with Crippen molar-refractivity contribution in [2.75, 3.05) is 25.2 Å². The van der Waals surface area contributed by atoms with Crippen molar-refractivity contribution in [2.45, 2.75) is 13.0 Å². The van der Waals surface area contributed by atoms with Crippen LogP contribution in [-0.4, -0.2) is 42.7 Å². The molecule has 9 nitrogen and oxygen atoms in total. The first-order valence-corrected chi connectivity index (χ1v) is 14.7. The third kappa shape index (κ3) is 4.69. The number of carbonyl (C=O) groups excluding carboxylic acids is 3. The number of nitrogens with zero attached hydrogens (tertiary/aromatic N) is 3. The molecule has 2 aliphatic heterocycles. The van der Waals surface area contributed by atoms with Crippen LogP contribution in [0.4, 0.5) is 5.69 Å². The number of hydrogen-bond donors (Lipinski definition) is 0. The molecule has 0 N–H and O–H groups in total. The van der Waals surface area contributed by atoms with Crippen molar-refractivity contribution in [1.29, 1.82) is 0 Å². The molecule has 0 saturated carbocycles. The lowest BCUT2D eigenvalue weighted by molar-refractivity contribution is -0.138. The van der Waals surface area contributed by atoms with E-state index >= 15 is 0 Å². The van der Waals surface area contributed by atoms with Crippen LogP contribution in [0.5, 0.6) is 0 Å². The number of hydrogen-bond acceptors (Lipinski definition) is 8. The Balaban J connectivity index is 1.69. The van der Waals surface area contributed by atoms with Crippen LogP contribution in [0.25, 0.3) is 11.3 Å². The van der Waals surface area contributed by atoms with Gasteiger partial charge >= 0.3 is 11.9 Å². The Morgan fingerprint density at radius 3 is 2.36 bits per heavy atom. The van der Waals surface area contributed by atoms with Crippen LogP contribution in [0.3, 0.4) is 0 Å². The van der Waals surface area contributed by atoms with E-state index in [-0.39, 0.29) is 34.7 Å². The molecule has 0 spiro atoms. The Labute approximate surface area is 256 Å². The van der Waals surface area contributed by atoms with Crippen LogP contribution in [0.15, 0.2) is 107 Å². The number of esters is 2. The van der Waals surface area contributed by atoms with E-state index in [4.69, 9.17) is 14.5 Å². The number of benzene rings is 3. The van der Waals surface area contributed by atoms with Crippen molar-refractivity contribution in [2.24, 2.45) is 4.99 Å². The van der Waals surface area contributed by atoms with Crippen LogP contribution in [0, 0.1) is 0 Å². The van der Waals surface area contributed by atoms with E-state index in [0.717, 1.165) is 11.3 Å². The number of anilines is 1. The molecule has 0 aliphatic carbocycles. The molecule has 1 atom stereocenters. The summed E-state index contributed by atoms with van der Waals surface area (Å²) >= 11 is 1.10. The van der Waals surface area contributed by atoms with Gasteiger partial charge in [0.05, 0.1) is 47.9 Å². The van der Waals surface area contributed by atoms with E-state index in [1.807, 2.05) is 54.6 Å². The lowest BCUT2D eigenvalue weighted by atomic mass is 9.92. The summed E-state index contributed by atoms with van der Waals surface area (Å²) in [5, 5.41) is 0. The predicted octanol–water partition coefficient (Wildman–Crippen LogP) is 3.63. The molecule has 6 rings (SSSR count). The molecule has 0 radical (unpaired) electrons. The standard InChI is InChI=1S/C34H27N3O6S/c1-4-19-36-24-14-10-9-13-23(24)25(30(36)38)29-31(39)37-28(21-15-17-22(18-16-21)32(40)42-3)26(33(41)43-5-2)27(35-34(37)44-29)20-11-7-6-8-12-20/h4,6-18,28H,1,5,19H2,2-3H3/b29-25-/t28-/m1/s1. The van der Waals surface area contributed by atoms with Gasteiger partial charge in [-0.25, -0.2) is 14.6 Å². The fraction of sp³-hybridized carbons (Fsp3) is 0.147. The maximum absolute atomic E-state index is 14.4. The molecule has 0 unspecified atom stereocenters. The van der Waals surface area contributed by atoms with E-state index in [2.05, 4.69) is 6.58 Å². The lowest BCUT2D eigenvalue weighted by Crippen LogP contribution is -2.41. The number of carbonyl (C=O) groups is 3. The van der Waals surface area contributed by atoms with Crippen LogP contribution in [0.2, 0.25) is 0 Å². The molecule has 3 heterocycles. The molecule has 4 aromatic rings. The van der Waals surface area contributed by atoms with Crippen LogP contribution in [-0.2, 0) is 19.1 Å². The van der Waals surface area contributed by atoms with Gasteiger partial charge in [0, 0.05) is 17.7 Å². The summed E-state index contributed by atoms with van der Waals surface area (Å²) in [5.41, 5.74) is 3.17. The Morgan fingerprint density at radius 1 is 0.977 bits per heavy atom. The molecule has 0 fully saturated rings. The zero-order valence-electron chi connectivity index (χ0n) is 24.0. The minimum absolute atomic E-state index is 0.109. The van der Waals surface area contributed by atoms with E-state index in [9.17, 15) is 19.2 Å². The average molecular weight is 606 g/mol. The lowest BCUT2D eigenvalue weighted by Gasteiger charge is -2.26. The summed E-state index contributed by atoms with van der Waals surface area (Å²) in [7, 11) is 1.29. The molecule has 44 heavy (non-hydrogen) atoms. The van der Waals surface area contributed by atoms with Gasteiger partial charge in [-0.15, -0.1) is 6.58 Å². The maximum atomic E-state index is 14.4. The number of fused-ring (bicyclic) bond motifs is 2. The zero-order valence-corrected chi connectivity index (χ0v) is 24.8. The summed E-state index contributed by atoms with van der Waals surface area (Å²) in [6, 6.07) is 22.0. The molecule has 0 saturated heterocycles. The van der Waals surface area contributed by atoms with Crippen LogP contribution < -0.4 is 19.8 Å². The van der Waals surface area contributed by atoms with Gasteiger partial charge in [-0.1, -0.05) is 78.1 Å². The van der Waals surface area contributed by atoms with E-state index in [1.54, 1.807) is 42.2 Å². The third-order valence-electron chi connectivity index (χ3n) is 7.46. The first-order chi connectivity index (χ1) is 21.4. The normalized spacial score (nSPS) is 16.6. The van der Waals surface area contributed by atoms with Crippen molar-refractivity contribution >= 4 is 46.1 Å². The van der Waals surface area contributed by atoms with Crippen LogP contribution >= 0.6 is 11.3 Å². The van der Waals surface area contributed by atoms with Crippen molar-refractivity contribution in [3.05, 3.63) is 139 Å². The molecule has 3 aromatic carbocycles. The van der Waals surface area contributed by atoms with Crippen molar-refractivity contribution in [3.63, 3.8) is 0 Å². The Hall–Kier alpha value is -5.35. The van der Waals surface area contributed by atoms with Crippen molar-refractivity contribution in [1.82, 2.24) is 4.57 Å². The molecule has 0 bridgehead atoms. The minimum Gasteiger partial charge on any atom is -0.465 e. The smallest absolute Gasteiger partial charge is 0.338 e. The van der Waals surface area contributed by atoms with Crippen molar-refractivity contribution in [3.8, 4) is 0 Å². The Kier molecular flexibility index (Phi) is 7.67. The van der Waals surface area contributed by atoms with Gasteiger partial charge in [0.25, 0.3) is 11.5 Å². The third-order valence-corrected chi connectivity index (χ3v) is 8.51. The first kappa shape index (κ1) is 28.8. The SMILES string of the molecule is C=CCN1C(=O)/C(=c2\sc3n(c2=O)[C@H](c2ccc(C(=O)OC)cc2)C(C(=O)OCC)=C(c2ccccc2)N=3)c2ccccc21. The molecule has 220 valence electrons. The van der Waals surface area contributed by atoms with E-state index in [0.29, 0.717) is 38.4 Å². The van der Waals surface area contributed by atoms with Gasteiger partial charge in [0.2, 0.25) is 0 Å². The summed E-state index contributed by atoms with van der Waals surface area (Å²) in [6.45, 7) is 5.87. The highest BCUT2D eigenvalue weighted by atomic mass is 32.1. The highest BCUT2D eigenvalue weighted by Crippen LogP contribution is 2.37. The fourth-order valence-corrected chi connectivity index (χ4v) is 6.63. The summed E-state index contributed by atoms with van der Waals surface area (Å²) in [5.74, 6) is -1.46. The Bertz CT molecular complexity index is 2040. The minimum atomic E-state index is -0.961. The number of aromatic nitrogens is 1. The van der Waals surface area contributed by atoms with Crippen molar-refractivity contribution < 1.29 is 23.9 Å². The monoisotopic (exact) mass is 605 g/mol. The fourth-order valence-electron chi connectivity index (χ4n) is 5.54. The Morgan fingerprint density at radius 2 is 1.68 bits per heavy atom. The van der Waals surface area contributed by atoms with Gasteiger partial charge < -0.3 is 14.4 Å². The van der Waals surface area contributed by atoms with Gasteiger partial charge in [-0.3, -0.25) is 14.2 Å². The number of ether oxygens (including phenoxy) is 2. The second kappa shape index (κ2) is 11.7. The molecule has 10 heteroatoms. The molecular weight excluding hydrogens is 578 g/mol. The highest BCUT2D eigenvalue weighted by Gasteiger charge is 2.38. The quantitative estimate of drug-likeness (QED) is 0.235. The van der Waals surface area contributed by atoms with Gasteiger partial charge in [-0.2, -0.15) is 0 Å². The first-order valence-electron chi connectivity index (χ1n) is 13.9. The summed E-state index contributed by atoms with van der Waals surface area (Å²) < 4.78 is 12.0. The summed E-state index contributed by atoms with van der Waals surface area (Å²) in [6.07, 6.45) is 1.63. The van der Waals surface area contributed by atoms with Gasteiger partial charge in [-0.05, 0) is 30.7 Å². The number of para-hydroxylation sites is 1. The van der Waals surface area contributed by atoms with Gasteiger partial charge in [0.1, 0.15) is 4.53 Å². The molecule has 1 aromatic heterocycles. The maximum Gasteiger partial charge on any atom is 0.338 e. The number of amides is 1. The highest BCUT2D eigenvalue weighted by molar-refractivity contribution is 7.07. The number of thiazole rings is 1. The predicted molar refractivity (Wildman–Crippen MR) is 167 cm³/mol. The molecule has 2 aliphatic rings.